The number of aryl methyl sites for hydroxylation is 1. The molecule has 0 saturated heterocycles. The molecule has 3 rings (SSSR count). The SMILES string of the molecule is Cc1cc(-c2ccc(S(C)(=O)=O)cc2)n(-c2ccc(F)cc2)n1. The lowest BCUT2D eigenvalue weighted by molar-refractivity contribution is 0.602. The minimum absolute atomic E-state index is 0.269. The quantitative estimate of drug-likeness (QED) is 0.740. The maximum absolute atomic E-state index is 13.1. The standard InChI is InChI=1S/C17H15FN2O2S/c1-12-11-17(13-3-9-16(10-4-13)23(2,21)22)20(19-12)15-7-5-14(18)6-8-15/h3-11H,1-2H3. The molecule has 1 heterocycles. The second-order valence-corrected chi connectivity index (χ2v) is 7.37. The van der Waals surface area contributed by atoms with E-state index in [1.165, 1.54) is 18.4 Å². The molecular weight excluding hydrogens is 315 g/mol. The van der Waals surface area contributed by atoms with Crippen LogP contribution in [0.2, 0.25) is 0 Å². The second-order valence-electron chi connectivity index (χ2n) is 5.36. The first-order chi connectivity index (χ1) is 10.8. The third kappa shape index (κ3) is 3.17. The number of hydrogen-bond acceptors (Lipinski definition) is 3. The van der Waals surface area contributed by atoms with Gasteiger partial charge in [-0.3, -0.25) is 0 Å². The molecule has 0 saturated carbocycles. The van der Waals surface area contributed by atoms with E-state index in [1.54, 1.807) is 41.1 Å². The minimum Gasteiger partial charge on any atom is -0.233 e. The number of rotatable bonds is 3. The Morgan fingerprint density at radius 1 is 1.00 bits per heavy atom. The zero-order valence-corrected chi connectivity index (χ0v) is 13.5. The van der Waals surface area contributed by atoms with Gasteiger partial charge < -0.3 is 0 Å². The Kier molecular flexibility index (Phi) is 3.77. The average Bonchev–Trinajstić information content (AvgIpc) is 2.89. The summed E-state index contributed by atoms with van der Waals surface area (Å²) in [6.45, 7) is 1.87. The maximum Gasteiger partial charge on any atom is 0.175 e. The highest BCUT2D eigenvalue weighted by Gasteiger charge is 2.12. The highest BCUT2D eigenvalue weighted by atomic mass is 32.2. The fourth-order valence-electron chi connectivity index (χ4n) is 2.36. The molecular formula is C17H15FN2O2S. The lowest BCUT2D eigenvalue weighted by Gasteiger charge is -2.08. The topological polar surface area (TPSA) is 52.0 Å². The van der Waals surface area contributed by atoms with Gasteiger partial charge in [-0.15, -0.1) is 0 Å². The van der Waals surface area contributed by atoms with Crippen molar-refractivity contribution in [3.63, 3.8) is 0 Å². The smallest absolute Gasteiger partial charge is 0.175 e. The van der Waals surface area contributed by atoms with Gasteiger partial charge in [-0.2, -0.15) is 5.10 Å². The van der Waals surface area contributed by atoms with Crippen LogP contribution >= 0.6 is 0 Å². The molecule has 0 bridgehead atoms. The molecule has 6 heteroatoms. The predicted molar refractivity (Wildman–Crippen MR) is 86.8 cm³/mol. The number of hydrogen-bond donors (Lipinski definition) is 0. The molecule has 0 N–H and O–H groups in total. The van der Waals surface area contributed by atoms with Crippen LogP contribution < -0.4 is 0 Å². The predicted octanol–water partition coefficient (Wildman–Crippen LogP) is 3.39. The van der Waals surface area contributed by atoms with Crippen LogP contribution in [-0.4, -0.2) is 24.5 Å². The summed E-state index contributed by atoms with van der Waals surface area (Å²) in [5, 5.41) is 4.43. The summed E-state index contributed by atoms with van der Waals surface area (Å²) >= 11 is 0. The van der Waals surface area contributed by atoms with Gasteiger partial charge in [-0.1, -0.05) is 12.1 Å². The van der Waals surface area contributed by atoms with Gasteiger partial charge in [-0.25, -0.2) is 17.5 Å². The molecule has 23 heavy (non-hydrogen) atoms. The fourth-order valence-corrected chi connectivity index (χ4v) is 2.99. The highest BCUT2D eigenvalue weighted by Crippen LogP contribution is 2.25. The minimum atomic E-state index is -3.23. The van der Waals surface area contributed by atoms with E-state index in [0.717, 1.165) is 22.6 Å². The van der Waals surface area contributed by atoms with Gasteiger partial charge in [0.15, 0.2) is 9.84 Å². The number of halogens is 1. The van der Waals surface area contributed by atoms with Gasteiger partial charge in [0.25, 0.3) is 0 Å². The largest absolute Gasteiger partial charge is 0.233 e. The van der Waals surface area contributed by atoms with E-state index in [9.17, 15) is 12.8 Å². The summed E-state index contributed by atoms with van der Waals surface area (Å²) < 4.78 is 37.9. The van der Waals surface area contributed by atoms with Gasteiger partial charge in [0.1, 0.15) is 5.82 Å². The van der Waals surface area contributed by atoms with Crippen LogP contribution in [0.5, 0.6) is 0 Å². The highest BCUT2D eigenvalue weighted by molar-refractivity contribution is 7.90. The summed E-state index contributed by atoms with van der Waals surface area (Å²) in [7, 11) is -3.23. The van der Waals surface area contributed by atoms with Gasteiger partial charge in [-0.05, 0) is 49.4 Å². The van der Waals surface area contributed by atoms with Crippen LogP contribution in [0, 0.1) is 12.7 Å². The fraction of sp³-hybridized carbons (Fsp3) is 0.118. The van der Waals surface area contributed by atoms with Crippen LogP contribution in [0.25, 0.3) is 16.9 Å². The van der Waals surface area contributed by atoms with Gasteiger partial charge in [0.05, 0.1) is 22.0 Å². The summed E-state index contributed by atoms with van der Waals surface area (Å²) in [4.78, 5) is 0.269. The molecule has 0 aliphatic rings. The van der Waals surface area contributed by atoms with E-state index >= 15 is 0 Å². The summed E-state index contributed by atoms with van der Waals surface area (Å²) in [6.07, 6.45) is 1.18. The van der Waals surface area contributed by atoms with E-state index < -0.39 is 9.84 Å². The van der Waals surface area contributed by atoms with Crippen molar-refractivity contribution in [2.24, 2.45) is 0 Å². The van der Waals surface area contributed by atoms with Crippen molar-refractivity contribution in [3.8, 4) is 16.9 Å². The van der Waals surface area contributed by atoms with Gasteiger partial charge in [0.2, 0.25) is 0 Å². The molecule has 0 aliphatic carbocycles. The number of benzene rings is 2. The lowest BCUT2D eigenvalue weighted by Crippen LogP contribution is -2.00. The van der Waals surface area contributed by atoms with Crippen molar-refractivity contribution in [1.82, 2.24) is 9.78 Å². The first-order valence-corrected chi connectivity index (χ1v) is 8.87. The Morgan fingerprint density at radius 2 is 1.61 bits per heavy atom. The van der Waals surface area contributed by atoms with Crippen molar-refractivity contribution < 1.29 is 12.8 Å². The van der Waals surface area contributed by atoms with E-state index in [0.29, 0.717) is 0 Å². The van der Waals surface area contributed by atoms with Crippen LogP contribution in [0.15, 0.2) is 59.5 Å². The molecule has 4 nitrogen and oxygen atoms in total. The average molecular weight is 330 g/mol. The third-order valence-electron chi connectivity index (χ3n) is 3.48. The van der Waals surface area contributed by atoms with Gasteiger partial charge >= 0.3 is 0 Å². The Balaban J connectivity index is 2.09. The maximum atomic E-state index is 13.1. The molecule has 1 aromatic heterocycles. The lowest BCUT2D eigenvalue weighted by atomic mass is 10.1. The summed E-state index contributed by atoms with van der Waals surface area (Å²) in [5.74, 6) is -0.309. The molecule has 0 spiro atoms. The normalized spacial score (nSPS) is 11.6. The van der Waals surface area contributed by atoms with Crippen molar-refractivity contribution >= 4 is 9.84 Å². The van der Waals surface area contributed by atoms with E-state index in [2.05, 4.69) is 5.10 Å². The summed E-state index contributed by atoms with van der Waals surface area (Å²) in [6, 6.07) is 14.6. The molecule has 3 aromatic rings. The molecule has 118 valence electrons. The molecule has 0 fully saturated rings. The monoisotopic (exact) mass is 330 g/mol. The van der Waals surface area contributed by atoms with Gasteiger partial charge in [0, 0.05) is 11.8 Å². The first kappa shape index (κ1) is 15.4. The van der Waals surface area contributed by atoms with E-state index in [-0.39, 0.29) is 10.7 Å². The van der Waals surface area contributed by atoms with Crippen molar-refractivity contribution in [3.05, 3.63) is 66.1 Å². The molecule has 0 aliphatic heterocycles. The Hall–Kier alpha value is -2.47. The Bertz CT molecular complexity index is 943. The van der Waals surface area contributed by atoms with E-state index in [1.807, 2.05) is 13.0 Å². The zero-order valence-electron chi connectivity index (χ0n) is 12.7. The Morgan fingerprint density at radius 3 is 2.17 bits per heavy atom. The molecule has 0 atom stereocenters. The van der Waals surface area contributed by atoms with Crippen molar-refractivity contribution in [2.75, 3.05) is 6.26 Å². The summed E-state index contributed by atoms with van der Waals surface area (Å²) in [5.41, 5.74) is 3.20. The zero-order chi connectivity index (χ0) is 16.6. The van der Waals surface area contributed by atoms with E-state index in [4.69, 9.17) is 0 Å². The molecule has 0 amide bonds. The second kappa shape index (κ2) is 5.62. The third-order valence-corrected chi connectivity index (χ3v) is 4.61. The van der Waals surface area contributed by atoms with Crippen molar-refractivity contribution in [2.45, 2.75) is 11.8 Å². The van der Waals surface area contributed by atoms with Crippen molar-refractivity contribution in [1.29, 1.82) is 0 Å². The van der Waals surface area contributed by atoms with Crippen LogP contribution in [-0.2, 0) is 9.84 Å². The van der Waals surface area contributed by atoms with Crippen LogP contribution in [0.4, 0.5) is 4.39 Å². The van der Waals surface area contributed by atoms with Crippen LogP contribution in [0.1, 0.15) is 5.69 Å². The molecule has 0 unspecified atom stereocenters. The Labute approximate surface area is 134 Å². The number of aromatic nitrogens is 2. The first-order valence-electron chi connectivity index (χ1n) is 6.98. The van der Waals surface area contributed by atoms with Crippen LogP contribution in [0.3, 0.4) is 0 Å². The number of sulfone groups is 1. The number of nitrogens with zero attached hydrogens (tertiary/aromatic N) is 2. The molecule has 0 radical (unpaired) electrons. The molecule has 2 aromatic carbocycles.